The Bertz CT molecular complexity index is 1220. The number of Topliss-reactive ketones (excluding diaryl/α,β-unsaturated/α-hetero) is 1. The van der Waals surface area contributed by atoms with Gasteiger partial charge in [-0.1, -0.05) is 24.3 Å². The molecule has 0 saturated heterocycles. The van der Waals surface area contributed by atoms with Gasteiger partial charge in [0.05, 0.1) is 17.4 Å². The number of nitrogens with zero attached hydrogens (tertiary/aromatic N) is 4. The molecular weight excluding hydrogens is 342 g/mol. The fourth-order valence-electron chi connectivity index (χ4n) is 3.33. The average Bonchev–Trinajstić information content (AvgIpc) is 3.11. The van der Waals surface area contributed by atoms with E-state index in [4.69, 9.17) is 0 Å². The highest BCUT2D eigenvalue weighted by atomic mass is 16.1. The third-order valence-corrected chi connectivity index (χ3v) is 4.63. The topological polar surface area (TPSA) is 81.3 Å². The van der Waals surface area contributed by atoms with Crippen molar-refractivity contribution in [2.75, 3.05) is 5.32 Å². The molecule has 0 radical (unpaired) electrons. The smallest absolute Gasteiger partial charge is 0.262 e. The summed E-state index contributed by atoms with van der Waals surface area (Å²) in [4.78, 5) is 24.5. The van der Waals surface area contributed by atoms with Crippen molar-refractivity contribution in [3.8, 4) is 0 Å². The molecule has 0 fully saturated rings. The van der Waals surface area contributed by atoms with Crippen LogP contribution < -0.4 is 10.9 Å². The molecule has 4 rings (SSSR count). The number of hydrogen-bond donors (Lipinski definition) is 1. The van der Waals surface area contributed by atoms with Crippen LogP contribution in [0, 0.1) is 0 Å². The number of fused-ring (bicyclic) bond motifs is 3. The number of hydrogen-bond acceptors (Lipinski definition) is 5. The number of carbonyl (C=O) groups excluding carboxylic acids is 1. The minimum absolute atomic E-state index is 0.00512. The Morgan fingerprint density at radius 1 is 1.07 bits per heavy atom. The third-order valence-electron chi connectivity index (χ3n) is 4.63. The summed E-state index contributed by atoms with van der Waals surface area (Å²) >= 11 is 0. The predicted octanol–water partition coefficient (Wildman–Crippen LogP) is 2.88. The van der Waals surface area contributed by atoms with Crippen LogP contribution in [0.5, 0.6) is 0 Å². The lowest BCUT2D eigenvalue weighted by Crippen LogP contribution is -2.23. The van der Waals surface area contributed by atoms with E-state index in [1.165, 1.54) is 0 Å². The number of nitrogens with one attached hydrogen (secondary N) is 1. The van der Waals surface area contributed by atoms with Crippen LogP contribution in [-0.2, 0) is 13.1 Å². The van der Waals surface area contributed by atoms with Crippen LogP contribution in [0.3, 0.4) is 0 Å². The Morgan fingerprint density at radius 3 is 2.59 bits per heavy atom. The molecule has 2 aromatic heterocycles. The number of aryl methyl sites for hydroxylation is 1. The van der Waals surface area contributed by atoms with E-state index in [-0.39, 0.29) is 11.3 Å². The van der Waals surface area contributed by atoms with Crippen molar-refractivity contribution in [3.63, 3.8) is 0 Å². The molecule has 1 N–H and O–H groups in total. The number of para-hydroxylation sites is 2. The molecule has 0 aliphatic heterocycles. The van der Waals surface area contributed by atoms with Crippen LogP contribution in [0.2, 0.25) is 0 Å². The lowest BCUT2D eigenvalue weighted by Gasteiger charge is -2.11. The number of benzene rings is 2. The molecule has 136 valence electrons. The van der Waals surface area contributed by atoms with Gasteiger partial charge >= 0.3 is 0 Å². The zero-order valence-corrected chi connectivity index (χ0v) is 15.1. The van der Waals surface area contributed by atoms with Crippen LogP contribution >= 0.6 is 0 Å². The van der Waals surface area contributed by atoms with Gasteiger partial charge in [0.2, 0.25) is 5.78 Å². The van der Waals surface area contributed by atoms with Gasteiger partial charge in [-0.2, -0.15) is 0 Å². The molecule has 27 heavy (non-hydrogen) atoms. The largest absolute Gasteiger partial charge is 0.377 e. The van der Waals surface area contributed by atoms with E-state index >= 15 is 0 Å². The first-order valence-electron chi connectivity index (χ1n) is 8.81. The molecular formula is C20H19N5O2. The number of anilines is 1. The first-order valence-corrected chi connectivity index (χ1v) is 8.81. The van der Waals surface area contributed by atoms with E-state index in [1.54, 1.807) is 17.6 Å². The summed E-state index contributed by atoms with van der Waals surface area (Å²) in [5.41, 5.74) is 2.06. The van der Waals surface area contributed by atoms with Crippen molar-refractivity contribution < 1.29 is 4.79 Å². The standard InChI is InChI=1S/C20H19N5O2/c1-3-24-19(27)15-9-5-7-11-17(15)25-18(22-23-20(24)25)12-21-16-10-6-4-8-14(16)13(2)26/h4-11,21H,3,12H2,1-2H3. The highest BCUT2D eigenvalue weighted by molar-refractivity contribution is 5.99. The Balaban J connectivity index is 1.84. The Morgan fingerprint density at radius 2 is 1.81 bits per heavy atom. The maximum Gasteiger partial charge on any atom is 0.262 e. The van der Waals surface area contributed by atoms with Gasteiger partial charge in [0, 0.05) is 17.8 Å². The quantitative estimate of drug-likeness (QED) is 0.553. The third kappa shape index (κ3) is 2.77. The van der Waals surface area contributed by atoms with E-state index in [1.807, 2.05) is 53.8 Å². The Kier molecular flexibility index (Phi) is 4.19. The van der Waals surface area contributed by atoms with Crippen molar-refractivity contribution >= 4 is 28.2 Å². The van der Waals surface area contributed by atoms with Crippen LogP contribution in [0.4, 0.5) is 5.69 Å². The second-order valence-electron chi connectivity index (χ2n) is 6.27. The molecule has 0 saturated carbocycles. The van der Waals surface area contributed by atoms with Gasteiger partial charge in [-0.05, 0) is 38.1 Å². The van der Waals surface area contributed by atoms with Gasteiger partial charge in [-0.3, -0.25) is 18.6 Å². The summed E-state index contributed by atoms with van der Waals surface area (Å²) in [6.07, 6.45) is 0. The highest BCUT2D eigenvalue weighted by Gasteiger charge is 2.16. The van der Waals surface area contributed by atoms with Gasteiger partial charge in [0.15, 0.2) is 11.6 Å². The van der Waals surface area contributed by atoms with Gasteiger partial charge < -0.3 is 5.32 Å². The molecule has 2 aromatic carbocycles. The van der Waals surface area contributed by atoms with Crippen molar-refractivity contribution in [3.05, 3.63) is 70.3 Å². The van der Waals surface area contributed by atoms with E-state index in [0.717, 1.165) is 11.2 Å². The second-order valence-corrected chi connectivity index (χ2v) is 6.27. The van der Waals surface area contributed by atoms with Crippen molar-refractivity contribution in [2.24, 2.45) is 0 Å². The van der Waals surface area contributed by atoms with Gasteiger partial charge in [-0.15, -0.1) is 10.2 Å². The molecule has 2 heterocycles. The number of rotatable bonds is 5. The molecule has 0 aliphatic carbocycles. The number of ketones is 1. The lowest BCUT2D eigenvalue weighted by molar-refractivity contribution is 0.101. The minimum atomic E-state index is -0.0746. The van der Waals surface area contributed by atoms with Crippen LogP contribution in [0.1, 0.15) is 30.0 Å². The van der Waals surface area contributed by atoms with E-state index in [0.29, 0.717) is 35.6 Å². The summed E-state index contributed by atoms with van der Waals surface area (Å²) in [7, 11) is 0. The summed E-state index contributed by atoms with van der Waals surface area (Å²) in [5.74, 6) is 1.18. The molecule has 0 atom stereocenters. The summed E-state index contributed by atoms with van der Waals surface area (Å²) in [5, 5.41) is 12.4. The molecule has 0 spiro atoms. The van der Waals surface area contributed by atoms with E-state index in [9.17, 15) is 9.59 Å². The van der Waals surface area contributed by atoms with Crippen molar-refractivity contribution in [2.45, 2.75) is 26.9 Å². The maximum absolute atomic E-state index is 12.7. The lowest BCUT2D eigenvalue weighted by atomic mass is 10.1. The van der Waals surface area contributed by atoms with Gasteiger partial charge in [0.25, 0.3) is 5.56 Å². The monoisotopic (exact) mass is 361 g/mol. The van der Waals surface area contributed by atoms with E-state index < -0.39 is 0 Å². The fourth-order valence-corrected chi connectivity index (χ4v) is 3.33. The van der Waals surface area contributed by atoms with Gasteiger partial charge in [-0.25, -0.2) is 0 Å². The Labute approximate surface area is 155 Å². The summed E-state index contributed by atoms with van der Waals surface area (Å²) < 4.78 is 3.51. The van der Waals surface area contributed by atoms with Crippen LogP contribution in [0.15, 0.2) is 53.3 Å². The summed E-state index contributed by atoms with van der Waals surface area (Å²) in [6, 6.07) is 14.8. The van der Waals surface area contributed by atoms with Crippen LogP contribution in [0.25, 0.3) is 16.7 Å². The van der Waals surface area contributed by atoms with Gasteiger partial charge in [0.1, 0.15) is 0 Å². The normalized spacial score (nSPS) is 11.2. The van der Waals surface area contributed by atoms with E-state index in [2.05, 4.69) is 15.5 Å². The average molecular weight is 361 g/mol. The molecule has 4 aromatic rings. The Hall–Kier alpha value is -3.48. The van der Waals surface area contributed by atoms with Crippen molar-refractivity contribution in [1.29, 1.82) is 0 Å². The zero-order valence-electron chi connectivity index (χ0n) is 15.1. The maximum atomic E-state index is 12.7. The van der Waals surface area contributed by atoms with Crippen molar-refractivity contribution in [1.82, 2.24) is 19.2 Å². The second kappa shape index (κ2) is 6.68. The molecule has 0 bridgehead atoms. The predicted molar refractivity (Wildman–Crippen MR) is 104 cm³/mol. The fraction of sp³-hybridized carbons (Fsp3) is 0.200. The zero-order chi connectivity index (χ0) is 19.0. The molecule has 7 nitrogen and oxygen atoms in total. The summed E-state index contributed by atoms with van der Waals surface area (Å²) in [6.45, 7) is 4.33. The SMILES string of the molecule is CCn1c(=O)c2ccccc2n2c(CNc3ccccc3C(C)=O)nnc12. The minimum Gasteiger partial charge on any atom is -0.377 e. The molecule has 7 heteroatoms. The highest BCUT2D eigenvalue weighted by Crippen LogP contribution is 2.18. The first kappa shape index (κ1) is 17.0. The first-order chi connectivity index (χ1) is 13.1. The van der Waals surface area contributed by atoms with Crippen LogP contribution in [-0.4, -0.2) is 24.9 Å². The molecule has 0 unspecified atom stereocenters. The molecule has 0 aliphatic rings. The number of aromatic nitrogens is 4. The molecule has 0 amide bonds. The number of carbonyl (C=O) groups is 1.